The van der Waals surface area contributed by atoms with Crippen molar-refractivity contribution in [1.29, 1.82) is 0 Å². The number of aromatic nitrogens is 2. The molecule has 0 aliphatic carbocycles. The highest BCUT2D eigenvalue weighted by Gasteiger charge is 2.20. The molecule has 8 nitrogen and oxygen atoms in total. The Kier molecular flexibility index (Phi) is 7.08. The lowest BCUT2D eigenvalue weighted by Gasteiger charge is -2.32. The molecule has 1 aliphatic heterocycles. The molecule has 0 bridgehead atoms. The van der Waals surface area contributed by atoms with Gasteiger partial charge in [-0.05, 0) is 43.4 Å². The number of carbonyl (C=O) groups is 2. The first-order valence-electron chi connectivity index (χ1n) is 10.3. The predicted octanol–water partition coefficient (Wildman–Crippen LogP) is 4.17. The van der Waals surface area contributed by atoms with E-state index in [1.807, 2.05) is 17.0 Å². The van der Waals surface area contributed by atoms with Gasteiger partial charge in [-0.25, -0.2) is 9.97 Å². The first-order chi connectivity index (χ1) is 15.9. The van der Waals surface area contributed by atoms with Gasteiger partial charge in [0.05, 0.1) is 33.7 Å². The van der Waals surface area contributed by atoms with E-state index in [2.05, 4.69) is 32.5 Å². The van der Waals surface area contributed by atoms with Crippen molar-refractivity contribution in [3.8, 4) is 0 Å². The Morgan fingerprint density at radius 3 is 2.09 bits per heavy atom. The molecule has 2 aromatic carbocycles. The van der Waals surface area contributed by atoms with Gasteiger partial charge in [0.1, 0.15) is 0 Å². The van der Waals surface area contributed by atoms with E-state index in [-0.39, 0.29) is 21.5 Å². The molecular formula is C23H22Cl2N6O2. The first-order valence-corrected chi connectivity index (χ1v) is 11.1. The summed E-state index contributed by atoms with van der Waals surface area (Å²) in [6, 6.07) is 12.0. The highest BCUT2D eigenvalue weighted by molar-refractivity contribution is 6.40. The largest absolute Gasteiger partial charge is 0.336 e. The fraction of sp³-hybridized carbons (Fsp3) is 0.217. The van der Waals surface area contributed by atoms with Crippen molar-refractivity contribution in [3.05, 3.63) is 76.0 Å². The van der Waals surface area contributed by atoms with E-state index in [0.29, 0.717) is 17.2 Å². The van der Waals surface area contributed by atoms with Crippen LogP contribution in [0.3, 0.4) is 0 Å². The van der Waals surface area contributed by atoms with Crippen LogP contribution in [0.4, 0.5) is 17.3 Å². The minimum atomic E-state index is -0.449. The van der Waals surface area contributed by atoms with E-state index in [4.69, 9.17) is 23.2 Å². The van der Waals surface area contributed by atoms with Crippen LogP contribution in [0, 0.1) is 0 Å². The number of likely N-dealkylation sites (N-methyl/N-ethyl adjacent to an activating group) is 1. The van der Waals surface area contributed by atoms with Crippen molar-refractivity contribution in [2.75, 3.05) is 43.9 Å². The number of hydrogen-bond acceptors (Lipinski definition) is 6. The smallest absolute Gasteiger partial charge is 0.258 e. The summed E-state index contributed by atoms with van der Waals surface area (Å²) in [5.74, 6) is -0.0675. The van der Waals surface area contributed by atoms with Crippen LogP contribution in [0.15, 0.2) is 54.9 Å². The molecule has 2 amide bonds. The van der Waals surface area contributed by atoms with E-state index in [0.717, 1.165) is 31.9 Å². The number of anilines is 3. The number of carbonyl (C=O) groups excluding carboxylic acids is 2. The second kappa shape index (κ2) is 10.2. The summed E-state index contributed by atoms with van der Waals surface area (Å²) in [7, 11) is 2.05. The SMILES string of the molecule is CN1CCN(C(=O)c2ccc(Nc3ncc(NC(=O)c4c(Cl)cccc4Cl)cn3)cc2)CC1. The average molecular weight is 485 g/mol. The molecule has 0 radical (unpaired) electrons. The third kappa shape index (κ3) is 5.60. The second-order valence-electron chi connectivity index (χ2n) is 7.64. The summed E-state index contributed by atoms with van der Waals surface area (Å²) in [5.41, 5.74) is 1.97. The number of hydrogen-bond donors (Lipinski definition) is 2. The molecule has 3 aromatic rings. The number of halogens is 2. The van der Waals surface area contributed by atoms with Gasteiger partial charge in [-0.2, -0.15) is 0 Å². The maximum absolute atomic E-state index is 12.7. The van der Waals surface area contributed by atoms with Gasteiger partial charge >= 0.3 is 0 Å². The Morgan fingerprint density at radius 2 is 1.48 bits per heavy atom. The Labute approximate surface area is 201 Å². The number of amides is 2. The molecular weight excluding hydrogens is 463 g/mol. The predicted molar refractivity (Wildman–Crippen MR) is 130 cm³/mol. The monoisotopic (exact) mass is 484 g/mol. The van der Waals surface area contributed by atoms with Crippen LogP contribution >= 0.6 is 23.2 Å². The van der Waals surface area contributed by atoms with Crippen molar-refractivity contribution in [3.63, 3.8) is 0 Å². The van der Waals surface area contributed by atoms with Crippen molar-refractivity contribution >= 4 is 52.3 Å². The summed E-state index contributed by atoms with van der Waals surface area (Å²) in [6.07, 6.45) is 2.95. The van der Waals surface area contributed by atoms with E-state index in [9.17, 15) is 9.59 Å². The molecule has 0 unspecified atom stereocenters. The van der Waals surface area contributed by atoms with Gasteiger partial charge < -0.3 is 20.4 Å². The highest BCUT2D eigenvalue weighted by Crippen LogP contribution is 2.25. The van der Waals surface area contributed by atoms with E-state index in [1.54, 1.807) is 30.3 Å². The van der Waals surface area contributed by atoms with E-state index in [1.165, 1.54) is 12.4 Å². The summed E-state index contributed by atoms with van der Waals surface area (Å²) in [4.78, 5) is 37.6. The maximum atomic E-state index is 12.7. The van der Waals surface area contributed by atoms with Gasteiger partial charge in [-0.1, -0.05) is 29.3 Å². The van der Waals surface area contributed by atoms with Crippen LogP contribution in [0.25, 0.3) is 0 Å². The Balaban J connectivity index is 1.36. The molecule has 33 heavy (non-hydrogen) atoms. The number of piperazine rings is 1. The molecule has 2 N–H and O–H groups in total. The van der Waals surface area contributed by atoms with Crippen LogP contribution in [0.2, 0.25) is 10.0 Å². The van der Waals surface area contributed by atoms with Gasteiger partial charge in [0.15, 0.2) is 0 Å². The van der Waals surface area contributed by atoms with Crippen molar-refractivity contribution in [2.45, 2.75) is 0 Å². The zero-order valence-corrected chi connectivity index (χ0v) is 19.4. The zero-order valence-electron chi connectivity index (χ0n) is 17.9. The third-order valence-corrected chi connectivity index (χ3v) is 5.91. The molecule has 1 aromatic heterocycles. The molecule has 4 rings (SSSR count). The van der Waals surface area contributed by atoms with Gasteiger partial charge in [0.25, 0.3) is 11.8 Å². The van der Waals surface area contributed by atoms with Gasteiger partial charge in [-0.15, -0.1) is 0 Å². The normalized spacial score (nSPS) is 14.1. The minimum Gasteiger partial charge on any atom is -0.336 e. The van der Waals surface area contributed by atoms with Gasteiger partial charge in [0, 0.05) is 37.4 Å². The van der Waals surface area contributed by atoms with Crippen molar-refractivity contribution < 1.29 is 9.59 Å². The number of nitrogens with zero attached hydrogens (tertiary/aromatic N) is 4. The average Bonchev–Trinajstić information content (AvgIpc) is 2.81. The van der Waals surface area contributed by atoms with Crippen LogP contribution in [-0.4, -0.2) is 64.8 Å². The fourth-order valence-electron chi connectivity index (χ4n) is 3.38. The summed E-state index contributed by atoms with van der Waals surface area (Å²) in [5, 5.41) is 6.27. The molecule has 1 fully saturated rings. The minimum absolute atomic E-state index is 0.0321. The summed E-state index contributed by atoms with van der Waals surface area (Å²) >= 11 is 12.1. The lowest BCUT2D eigenvalue weighted by atomic mass is 10.1. The maximum Gasteiger partial charge on any atom is 0.258 e. The Morgan fingerprint density at radius 1 is 0.879 bits per heavy atom. The number of nitrogens with one attached hydrogen (secondary N) is 2. The zero-order chi connectivity index (χ0) is 23.4. The van der Waals surface area contributed by atoms with Gasteiger partial charge in [-0.3, -0.25) is 9.59 Å². The number of benzene rings is 2. The van der Waals surface area contributed by atoms with Crippen LogP contribution in [0.1, 0.15) is 20.7 Å². The molecule has 0 spiro atoms. The summed E-state index contributed by atoms with van der Waals surface area (Å²) < 4.78 is 0. The molecule has 0 atom stereocenters. The topological polar surface area (TPSA) is 90.5 Å². The third-order valence-electron chi connectivity index (χ3n) is 5.28. The van der Waals surface area contributed by atoms with E-state index >= 15 is 0 Å². The van der Waals surface area contributed by atoms with Crippen LogP contribution in [-0.2, 0) is 0 Å². The fourth-order valence-corrected chi connectivity index (χ4v) is 3.95. The van der Waals surface area contributed by atoms with Crippen molar-refractivity contribution in [2.24, 2.45) is 0 Å². The molecule has 1 saturated heterocycles. The highest BCUT2D eigenvalue weighted by atomic mass is 35.5. The number of rotatable bonds is 5. The van der Waals surface area contributed by atoms with Crippen LogP contribution in [0.5, 0.6) is 0 Å². The quantitative estimate of drug-likeness (QED) is 0.564. The Bertz CT molecular complexity index is 1130. The van der Waals surface area contributed by atoms with Crippen LogP contribution < -0.4 is 10.6 Å². The molecule has 2 heterocycles. The lowest BCUT2D eigenvalue weighted by Crippen LogP contribution is -2.47. The summed E-state index contributed by atoms with van der Waals surface area (Å²) in [6.45, 7) is 3.22. The molecule has 10 heteroatoms. The first kappa shape index (κ1) is 23.0. The van der Waals surface area contributed by atoms with E-state index < -0.39 is 5.91 Å². The standard InChI is InChI=1S/C23H22Cl2N6O2/c1-30-9-11-31(12-10-30)22(33)15-5-7-16(8-6-15)29-23-26-13-17(14-27-23)28-21(32)20-18(24)3-2-4-19(20)25/h2-8,13-14H,9-12H2,1H3,(H,28,32)(H,26,27,29). The molecule has 0 saturated carbocycles. The lowest BCUT2D eigenvalue weighted by molar-refractivity contribution is 0.0664. The van der Waals surface area contributed by atoms with Gasteiger partial charge in [0.2, 0.25) is 5.95 Å². The Hall–Kier alpha value is -3.20. The molecule has 1 aliphatic rings. The second-order valence-corrected chi connectivity index (χ2v) is 8.46. The molecule has 170 valence electrons. The van der Waals surface area contributed by atoms with Crippen molar-refractivity contribution in [1.82, 2.24) is 19.8 Å².